The van der Waals surface area contributed by atoms with E-state index in [0.29, 0.717) is 0 Å². The Hall–Kier alpha value is -3.67. The van der Waals surface area contributed by atoms with Crippen molar-refractivity contribution in [2.75, 3.05) is 0 Å². The Morgan fingerprint density at radius 3 is 1.13 bits per heavy atom. The molecule has 0 amide bonds. The van der Waals surface area contributed by atoms with Crippen molar-refractivity contribution >= 4 is 50.9 Å². The molecule has 0 saturated heterocycles. The summed E-state index contributed by atoms with van der Waals surface area (Å²) in [6, 6.07) is 26.1. The molecule has 0 fully saturated rings. The molecule has 5 heterocycles. The van der Waals surface area contributed by atoms with Gasteiger partial charge in [0.15, 0.2) is 0 Å². The Kier molecular flexibility index (Phi) is 5.35. The molecule has 0 unspecified atom stereocenters. The molecule has 152 valence electrons. The Labute approximate surface area is 188 Å². The number of hydrogen-bond acceptors (Lipinski definition) is 2. The van der Waals surface area contributed by atoms with Gasteiger partial charge in [-0.15, -0.1) is 0 Å². The average Bonchev–Trinajstić information content (AvgIpc) is 3.55. The van der Waals surface area contributed by atoms with E-state index in [1.54, 1.807) is 0 Å². The standard InChI is InChI=1S/C20H14N4.C6H5.Co/c1-2-14-10-16-5-6-18(23-16)12-20-8-7-19(24-20)11-17-4-3-15(22-17)9-13(1)21-14;1-2-4-6-5-3-1;/h1-12,21,24H;1-5H;. The van der Waals surface area contributed by atoms with Crippen molar-refractivity contribution in [3.63, 3.8) is 0 Å². The summed E-state index contributed by atoms with van der Waals surface area (Å²) >= 11 is 4.13. The fourth-order valence-electron chi connectivity index (χ4n) is 3.35. The Bertz CT molecular complexity index is 1270. The number of hydrogen-bond donors (Lipinski definition) is 2. The summed E-state index contributed by atoms with van der Waals surface area (Å²) in [5.74, 6) is 0. The fourth-order valence-corrected chi connectivity index (χ4v) is 3.55. The first-order valence-electron chi connectivity index (χ1n) is 9.92. The minimum absolute atomic E-state index is 0.939. The van der Waals surface area contributed by atoms with Gasteiger partial charge >= 0.3 is 50.6 Å². The van der Waals surface area contributed by atoms with E-state index in [-0.39, 0.29) is 0 Å². The van der Waals surface area contributed by atoms with Gasteiger partial charge in [-0.2, -0.15) is 0 Å². The number of rotatable bonds is 0. The second-order valence-electron chi connectivity index (χ2n) is 7.17. The molecule has 2 N–H and O–H groups in total. The van der Waals surface area contributed by atoms with Crippen LogP contribution in [0.4, 0.5) is 0 Å². The van der Waals surface area contributed by atoms with Gasteiger partial charge in [-0.05, 0) is 72.8 Å². The quantitative estimate of drug-likeness (QED) is 0.323. The molecular formula is C26H19CoN4. The van der Waals surface area contributed by atoms with Gasteiger partial charge in [0.1, 0.15) is 0 Å². The van der Waals surface area contributed by atoms with E-state index in [1.165, 1.54) is 0 Å². The predicted molar refractivity (Wildman–Crippen MR) is 125 cm³/mol. The Balaban J connectivity index is 0.000000250. The predicted octanol–water partition coefficient (Wildman–Crippen LogP) is 5.51. The first kappa shape index (κ1) is 19.3. The van der Waals surface area contributed by atoms with Gasteiger partial charge in [0, 0.05) is 22.1 Å². The van der Waals surface area contributed by atoms with Gasteiger partial charge in [0.2, 0.25) is 0 Å². The molecule has 2 aliphatic rings. The summed E-state index contributed by atoms with van der Waals surface area (Å²) in [5.41, 5.74) is 7.86. The molecule has 4 aromatic rings. The van der Waals surface area contributed by atoms with E-state index in [4.69, 9.17) is 0 Å². The van der Waals surface area contributed by atoms with E-state index in [0.717, 1.165) is 49.3 Å². The van der Waals surface area contributed by atoms with Gasteiger partial charge in [-0.3, -0.25) is 0 Å². The number of aromatic nitrogens is 4. The summed E-state index contributed by atoms with van der Waals surface area (Å²) in [4.78, 5) is 16.0. The molecule has 31 heavy (non-hydrogen) atoms. The van der Waals surface area contributed by atoms with Crippen molar-refractivity contribution < 1.29 is 15.7 Å². The Morgan fingerprint density at radius 2 is 0.839 bits per heavy atom. The van der Waals surface area contributed by atoms with Crippen LogP contribution in [0.1, 0.15) is 22.8 Å². The molecule has 5 heteroatoms. The van der Waals surface area contributed by atoms with Crippen LogP contribution in [0.5, 0.6) is 0 Å². The molecule has 0 radical (unpaired) electrons. The van der Waals surface area contributed by atoms with E-state index < -0.39 is 0 Å². The third kappa shape index (κ3) is 4.91. The van der Waals surface area contributed by atoms with Gasteiger partial charge in [-0.25, -0.2) is 9.97 Å². The molecule has 0 aliphatic carbocycles. The number of aromatic amines is 2. The molecule has 0 atom stereocenters. The van der Waals surface area contributed by atoms with Gasteiger partial charge in [0.05, 0.1) is 22.8 Å². The van der Waals surface area contributed by atoms with Crippen LogP contribution >= 0.6 is 0 Å². The van der Waals surface area contributed by atoms with Crippen LogP contribution in [-0.2, 0) is 15.7 Å². The minimum atomic E-state index is 0.939. The topological polar surface area (TPSA) is 57.4 Å². The van der Waals surface area contributed by atoms with Crippen molar-refractivity contribution in [3.8, 4) is 0 Å². The molecule has 2 aliphatic heterocycles. The molecular weight excluding hydrogens is 427 g/mol. The van der Waals surface area contributed by atoms with Crippen molar-refractivity contribution in [2.24, 2.45) is 0 Å². The van der Waals surface area contributed by atoms with Crippen LogP contribution in [-0.4, -0.2) is 19.9 Å². The molecule has 6 rings (SSSR count). The second kappa shape index (κ2) is 8.59. The van der Waals surface area contributed by atoms with Crippen molar-refractivity contribution in [2.45, 2.75) is 0 Å². The van der Waals surface area contributed by atoms with E-state index in [9.17, 15) is 0 Å². The number of H-pyrrole nitrogens is 2. The van der Waals surface area contributed by atoms with Crippen LogP contribution in [0.15, 0.2) is 78.9 Å². The van der Waals surface area contributed by atoms with Gasteiger partial charge < -0.3 is 9.97 Å². The van der Waals surface area contributed by atoms with Crippen LogP contribution in [0.25, 0.3) is 46.4 Å². The average molecular weight is 446 g/mol. The van der Waals surface area contributed by atoms with E-state index in [2.05, 4.69) is 59.9 Å². The maximum atomic E-state index is 4.63. The van der Waals surface area contributed by atoms with Gasteiger partial charge in [0.25, 0.3) is 0 Å². The SMILES string of the molecule is C1=Cc2cc3ccc(cc4nc(cc5ccc(cc1n2)[nH]5)C=C4)[nH]3.[Co][c]1ccccc1. The van der Waals surface area contributed by atoms with E-state index >= 15 is 0 Å². The van der Waals surface area contributed by atoms with Crippen LogP contribution < -0.4 is 4.50 Å². The Morgan fingerprint density at radius 1 is 0.484 bits per heavy atom. The molecule has 0 saturated carbocycles. The fraction of sp³-hybridized carbons (Fsp3) is 0. The molecule has 8 bridgehead atoms. The monoisotopic (exact) mass is 446 g/mol. The summed E-state index contributed by atoms with van der Waals surface area (Å²) in [5, 5.41) is 0. The number of nitrogens with zero attached hydrogens (tertiary/aromatic N) is 2. The van der Waals surface area contributed by atoms with Gasteiger partial charge in [-0.1, -0.05) is 0 Å². The van der Waals surface area contributed by atoms with Crippen molar-refractivity contribution in [1.29, 1.82) is 0 Å². The van der Waals surface area contributed by atoms with Crippen molar-refractivity contribution in [3.05, 3.63) is 102 Å². The maximum absolute atomic E-state index is 4.63. The first-order valence-corrected chi connectivity index (χ1v) is 10.4. The zero-order valence-corrected chi connectivity index (χ0v) is 17.6. The van der Waals surface area contributed by atoms with Crippen LogP contribution in [0.2, 0.25) is 0 Å². The molecule has 4 nitrogen and oxygen atoms in total. The third-order valence-electron chi connectivity index (χ3n) is 4.76. The summed E-state index contributed by atoms with van der Waals surface area (Å²) in [7, 11) is 0. The number of benzene rings is 1. The normalized spacial score (nSPS) is 11.8. The molecule has 0 spiro atoms. The molecule has 1 aromatic carbocycles. The third-order valence-corrected chi connectivity index (χ3v) is 5.11. The van der Waals surface area contributed by atoms with Crippen LogP contribution in [0.3, 0.4) is 0 Å². The number of nitrogens with one attached hydrogen (secondary N) is 2. The summed E-state index contributed by atoms with van der Waals surface area (Å²) in [6.45, 7) is 0. The second-order valence-corrected chi connectivity index (χ2v) is 7.78. The summed E-state index contributed by atoms with van der Waals surface area (Å²) < 4.78 is 1.01. The number of fused-ring (bicyclic) bond motifs is 8. The van der Waals surface area contributed by atoms with Crippen molar-refractivity contribution in [1.82, 2.24) is 19.9 Å². The zero-order chi connectivity index (χ0) is 21.0. The first-order chi connectivity index (χ1) is 15.2. The molecule has 3 aromatic heterocycles. The summed E-state index contributed by atoms with van der Waals surface area (Å²) in [6.07, 6.45) is 8.09. The van der Waals surface area contributed by atoms with Crippen LogP contribution in [0, 0.1) is 0 Å². The van der Waals surface area contributed by atoms with E-state index in [1.807, 2.05) is 78.9 Å². The zero-order valence-electron chi connectivity index (χ0n) is 16.5.